The van der Waals surface area contributed by atoms with Crippen LogP contribution in [0.15, 0.2) is 16.6 Å². The van der Waals surface area contributed by atoms with E-state index in [2.05, 4.69) is 20.7 Å². The van der Waals surface area contributed by atoms with Crippen molar-refractivity contribution in [1.29, 1.82) is 0 Å². The highest BCUT2D eigenvalue weighted by Gasteiger charge is 2.33. The highest BCUT2D eigenvalue weighted by Crippen LogP contribution is 2.37. The standard InChI is InChI=1S/C9H6BrF3O3/c1-16-8(15)5-2-4(9(11,12)13)3-6(10)7(5)14/h2-3,14H,1H3. The second kappa shape index (κ2) is 4.32. The molecule has 0 heterocycles. The minimum absolute atomic E-state index is 0.220. The molecule has 1 N–H and O–H groups in total. The summed E-state index contributed by atoms with van der Waals surface area (Å²) in [4.78, 5) is 11.1. The molecule has 0 aliphatic heterocycles. The number of carbonyl (C=O) groups excluding carboxylic acids is 1. The van der Waals surface area contributed by atoms with Crippen LogP contribution in [0.1, 0.15) is 15.9 Å². The van der Waals surface area contributed by atoms with E-state index in [1.54, 1.807) is 0 Å². The number of aromatic hydroxyl groups is 1. The summed E-state index contributed by atoms with van der Waals surface area (Å²) in [7, 11) is 1.01. The average Bonchev–Trinajstić information content (AvgIpc) is 2.19. The van der Waals surface area contributed by atoms with Gasteiger partial charge in [-0.1, -0.05) is 0 Å². The Balaban J connectivity index is 3.39. The monoisotopic (exact) mass is 298 g/mol. The number of benzene rings is 1. The number of phenolic OH excluding ortho intramolecular Hbond substituents is 1. The van der Waals surface area contributed by atoms with Crippen molar-refractivity contribution in [2.24, 2.45) is 0 Å². The molecule has 0 radical (unpaired) electrons. The number of esters is 1. The van der Waals surface area contributed by atoms with Crippen molar-refractivity contribution < 1.29 is 27.8 Å². The van der Waals surface area contributed by atoms with Crippen LogP contribution in [-0.4, -0.2) is 18.2 Å². The van der Waals surface area contributed by atoms with Crippen molar-refractivity contribution in [2.75, 3.05) is 7.11 Å². The number of rotatable bonds is 1. The molecule has 0 saturated carbocycles. The Kier molecular flexibility index (Phi) is 3.47. The molecule has 0 aliphatic rings. The topological polar surface area (TPSA) is 46.5 Å². The van der Waals surface area contributed by atoms with Crippen molar-refractivity contribution in [1.82, 2.24) is 0 Å². The van der Waals surface area contributed by atoms with Crippen LogP contribution in [0.4, 0.5) is 13.2 Å². The molecule has 0 fully saturated rings. The van der Waals surface area contributed by atoms with Crippen LogP contribution in [0.25, 0.3) is 0 Å². The first kappa shape index (κ1) is 12.8. The van der Waals surface area contributed by atoms with E-state index in [0.717, 1.165) is 7.11 Å². The van der Waals surface area contributed by atoms with Crippen LogP contribution in [0.3, 0.4) is 0 Å². The maximum atomic E-state index is 12.4. The first-order chi connectivity index (χ1) is 7.27. The van der Waals surface area contributed by atoms with E-state index in [-0.39, 0.29) is 4.47 Å². The number of phenols is 1. The van der Waals surface area contributed by atoms with E-state index in [1.165, 1.54) is 0 Å². The molecule has 0 unspecified atom stereocenters. The van der Waals surface area contributed by atoms with E-state index < -0.39 is 29.0 Å². The van der Waals surface area contributed by atoms with E-state index in [0.29, 0.717) is 12.1 Å². The highest BCUT2D eigenvalue weighted by atomic mass is 79.9. The number of carbonyl (C=O) groups is 1. The van der Waals surface area contributed by atoms with E-state index in [1.807, 2.05) is 0 Å². The van der Waals surface area contributed by atoms with E-state index in [9.17, 15) is 23.1 Å². The third kappa shape index (κ3) is 2.46. The molecule has 0 aliphatic carbocycles. The molecule has 0 aromatic heterocycles. The van der Waals surface area contributed by atoms with Gasteiger partial charge in [0.2, 0.25) is 0 Å². The zero-order valence-corrected chi connectivity index (χ0v) is 9.52. The van der Waals surface area contributed by atoms with Gasteiger partial charge in [0.15, 0.2) is 0 Å². The van der Waals surface area contributed by atoms with E-state index in [4.69, 9.17) is 0 Å². The minimum atomic E-state index is -4.60. The van der Waals surface area contributed by atoms with Gasteiger partial charge >= 0.3 is 12.1 Å². The lowest BCUT2D eigenvalue weighted by atomic mass is 10.1. The Morgan fingerprint density at radius 1 is 1.44 bits per heavy atom. The molecule has 0 spiro atoms. The van der Waals surface area contributed by atoms with Gasteiger partial charge in [-0.2, -0.15) is 13.2 Å². The molecule has 0 atom stereocenters. The SMILES string of the molecule is COC(=O)c1cc(C(F)(F)F)cc(Br)c1O. The second-order valence-corrected chi connectivity index (χ2v) is 3.70. The van der Waals surface area contributed by atoms with Gasteiger partial charge in [-0.25, -0.2) is 4.79 Å². The van der Waals surface area contributed by atoms with Crippen LogP contribution in [-0.2, 0) is 10.9 Å². The fourth-order valence-corrected chi connectivity index (χ4v) is 1.49. The van der Waals surface area contributed by atoms with Crippen molar-refractivity contribution in [3.05, 3.63) is 27.7 Å². The Morgan fingerprint density at radius 3 is 2.44 bits per heavy atom. The number of hydrogen-bond acceptors (Lipinski definition) is 3. The van der Waals surface area contributed by atoms with Gasteiger partial charge in [-0.05, 0) is 28.1 Å². The van der Waals surface area contributed by atoms with Crippen LogP contribution in [0.5, 0.6) is 5.75 Å². The minimum Gasteiger partial charge on any atom is -0.506 e. The smallest absolute Gasteiger partial charge is 0.416 e. The number of hydrogen-bond donors (Lipinski definition) is 1. The molecule has 16 heavy (non-hydrogen) atoms. The van der Waals surface area contributed by atoms with Gasteiger partial charge in [0.25, 0.3) is 0 Å². The number of methoxy groups -OCH3 is 1. The quantitative estimate of drug-likeness (QED) is 0.811. The summed E-state index contributed by atoms with van der Waals surface area (Å²) in [6.07, 6.45) is -4.60. The molecule has 0 saturated heterocycles. The summed E-state index contributed by atoms with van der Waals surface area (Å²) in [5.41, 5.74) is -1.58. The Hall–Kier alpha value is -1.24. The third-order valence-electron chi connectivity index (χ3n) is 1.80. The Bertz CT molecular complexity index is 429. The molecule has 1 aromatic rings. The molecular formula is C9H6BrF3O3. The van der Waals surface area contributed by atoms with Crippen LogP contribution >= 0.6 is 15.9 Å². The Labute approximate surface area is 97.0 Å². The predicted molar refractivity (Wildman–Crippen MR) is 52.1 cm³/mol. The van der Waals surface area contributed by atoms with Crippen molar-refractivity contribution in [2.45, 2.75) is 6.18 Å². The molecule has 1 aromatic carbocycles. The first-order valence-electron chi connectivity index (χ1n) is 3.95. The van der Waals surface area contributed by atoms with Crippen LogP contribution in [0.2, 0.25) is 0 Å². The summed E-state index contributed by atoms with van der Waals surface area (Å²) in [5.74, 6) is -1.62. The molecular weight excluding hydrogens is 293 g/mol. The summed E-state index contributed by atoms with van der Waals surface area (Å²) in [5, 5.41) is 9.37. The maximum absolute atomic E-state index is 12.4. The number of alkyl halides is 3. The Morgan fingerprint density at radius 2 is 2.00 bits per heavy atom. The van der Waals surface area contributed by atoms with Crippen molar-refractivity contribution >= 4 is 21.9 Å². The maximum Gasteiger partial charge on any atom is 0.416 e. The fourth-order valence-electron chi connectivity index (χ4n) is 1.03. The highest BCUT2D eigenvalue weighted by molar-refractivity contribution is 9.10. The van der Waals surface area contributed by atoms with Crippen molar-refractivity contribution in [3.8, 4) is 5.75 Å². The van der Waals surface area contributed by atoms with Gasteiger partial charge in [0.1, 0.15) is 11.3 Å². The molecule has 0 bridgehead atoms. The van der Waals surface area contributed by atoms with Gasteiger partial charge in [0.05, 0.1) is 17.1 Å². The van der Waals surface area contributed by atoms with E-state index >= 15 is 0 Å². The fraction of sp³-hybridized carbons (Fsp3) is 0.222. The summed E-state index contributed by atoms with van der Waals surface area (Å²) in [6.45, 7) is 0. The van der Waals surface area contributed by atoms with Crippen LogP contribution < -0.4 is 0 Å². The lowest BCUT2D eigenvalue weighted by Crippen LogP contribution is -2.09. The van der Waals surface area contributed by atoms with Gasteiger partial charge < -0.3 is 9.84 Å². The molecule has 3 nitrogen and oxygen atoms in total. The molecule has 1 rings (SSSR count). The zero-order chi connectivity index (χ0) is 12.5. The molecule has 88 valence electrons. The van der Waals surface area contributed by atoms with Gasteiger partial charge in [0, 0.05) is 0 Å². The summed E-state index contributed by atoms with van der Waals surface area (Å²) in [6, 6.07) is 1.22. The lowest BCUT2D eigenvalue weighted by Gasteiger charge is -2.10. The second-order valence-electron chi connectivity index (χ2n) is 2.84. The van der Waals surface area contributed by atoms with Crippen molar-refractivity contribution in [3.63, 3.8) is 0 Å². The zero-order valence-electron chi connectivity index (χ0n) is 7.93. The van der Waals surface area contributed by atoms with Gasteiger partial charge in [-0.3, -0.25) is 0 Å². The van der Waals surface area contributed by atoms with Gasteiger partial charge in [-0.15, -0.1) is 0 Å². The first-order valence-corrected chi connectivity index (χ1v) is 4.74. The normalized spacial score (nSPS) is 11.3. The number of halogens is 4. The van der Waals surface area contributed by atoms with Crippen LogP contribution in [0, 0.1) is 0 Å². The summed E-state index contributed by atoms with van der Waals surface area (Å²) < 4.78 is 41.2. The predicted octanol–water partition coefficient (Wildman–Crippen LogP) is 2.96. The largest absolute Gasteiger partial charge is 0.506 e. The average molecular weight is 299 g/mol. The molecule has 7 heteroatoms. The molecule has 0 amide bonds. The lowest BCUT2D eigenvalue weighted by molar-refractivity contribution is -0.137. The summed E-state index contributed by atoms with van der Waals surface area (Å²) >= 11 is 2.73. The number of ether oxygens (including phenoxy) is 1. The third-order valence-corrected chi connectivity index (χ3v) is 2.40.